The number of nitriles is 1. The lowest BCUT2D eigenvalue weighted by molar-refractivity contribution is 1.32. The highest BCUT2D eigenvalue weighted by molar-refractivity contribution is 6.27. The molecular weight excluding hydrogens is 456 g/mol. The highest BCUT2D eigenvalue weighted by Crippen LogP contribution is 2.49. The Labute approximate surface area is 210 Å². The van der Waals surface area contributed by atoms with E-state index in [1.807, 2.05) is 48.5 Å². The molecule has 0 saturated heterocycles. The van der Waals surface area contributed by atoms with Crippen molar-refractivity contribution in [1.29, 1.82) is 5.26 Å². The number of hydrogen-bond donors (Lipinski definition) is 0. The van der Waals surface area contributed by atoms with E-state index < -0.39 is 0 Å². The molecule has 0 aliphatic carbocycles. The maximum atomic E-state index is 10.1. The molecule has 0 amide bonds. The Morgan fingerprint density at radius 3 is 2.22 bits per heavy atom. The average molecular weight is 468 g/mol. The standard InChI is InChI=1S/C31H12N6/c1-33-28-21-14-22-26(15-20(21)23(16-32)29(34-2)30(28)35-3)37-25-11-7-6-10-24(25)36-31(37)19-13-12-17-8-4-5-9-18(17)27(19)22/h4-15H. The summed E-state index contributed by atoms with van der Waals surface area (Å²) in [6.45, 7) is 23.2. The minimum atomic E-state index is -0.0756. The first kappa shape index (κ1) is 20.4. The van der Waals surface area contributed by atoms with Crippen LogP contribution >= 0.6 is 0 Å². The van der Waals surface area contributed by atoms with Crippen molar-refractivity contribution in [2.45, 2.75) is 0 Å². The summed E-state index contributed by atoms with van der Waals surface area (Å²) in [4.78, 5) is 15.6. The molecular formula is C31H12N6. The highest BCUT2D eigenvalue weighted by atomic mass is 15.0. The van der Waals surface area contributed by atoms with Crippen LogP contribution in [0.4, 0.5) is 17.1 Å². The third-order valence-corrected chi connectivity index (χ3v) is 7.03. The molecule has 37 heavy (non-hydrogen) atoms. The molecule has 0 unspecified atom stereocenters. The van der Waals surface area contributed by atoms with Crippen LogP contribution in [0.15, 0.2) is 72.8 Å². The van der Waals surface area contributed by atoms with Gasteiger partial charge in [-0.3, -0.25) is 18.9 Å². The lowest BCUT2D eigenvalue weighted by Crippen LogP contribution is -1.94. The Morgan fingerprint density at radius 2 is 1.43 bits per heavy atom. The number of nitrogens with zero attached hydrogens (tertiary/aromatic N) is 6. The van der Waals surface area contributed by atoms with Crippen molar-refractivity contribution in [3.05, 3.63) is 113 Å². The van der Waals surface area contributed by atoms with E-state index >= 15 is 0 Å². The van der Waals surface area contributed by atoms with Crippen molar-refractivity contribution < 1.29 is 0 Å². The molecule has 6 nitrogen and oxygen atoms in total. The number of pyridine rings is 1. The van der Waals surface area contributed by atoms with Gasteiger partial charge in [-0.15, -0.1) is 0 Å². The zero-order valence-corrected chi connectivity index (χ0v) is 19.1. The number of hydrogen-bond acceptors (Lipinski definition) is 2. The van der Waals surface area contributed by atoms with Gasteiger partial charge in [0.15, 0.2) is 5.69 Å². The SMILES string of the molecule is [C-]#[N+]c1c([N+]#[C-])c([N+]#[C-])c2cc3c4c5ccccc5ccc4c4nc5ccccc5n4c3cc2c1C#N. The molecule has 7 aromatic rings. The zero-order chi connectivity index (χ0) is 25.3. The Morgan fingerprint density at radius 1 is 0.676 bits per heavy atom. The van der Waals surface area contributed by atoms with Crippen molar-refractivity contribution in [2.24, 2.45) is 0 Å². The minimum Gasteiger partial charge on any atom is -0.292 e. The summed E-state index contributed by atoms with van der Waals surface area (Å²) in [5.74, 6) is 0. The summed E-state index contributed by atoms with van der Waals surface area (Å²) in [5, 5.41) is 16.0. The fourth-order valence-electron chi connectivity index (χ4n) is 5.50. The smallest absolute Gasteiger partial charge is 0.202 e. The van der Waals surface area contributed by atoms with E-state index in [2.05, 4.69) is 49.3 Å². The first-order valence-electron chi connectivity index (χ1n) is 11.4. The second kappa shape index (κ2) is 7.27. The van der Waals surface area contributed by atoms with Gasteiger partial charge in [0, 0.05) is 16.2 Å². The Kier molecular flexibility index (Phi) is 4.01. The lowest BCUT2D eigenvalue weighted by Gasteiger charge is -2.15. The molecule has 6 heteroatoms. The van der Waals surface area contributed by atoms with Crippen LogP contribution in [-0.4, -0.2) is 9.38 Å². The first-order chi connectivity index (χ1) is 18.2. The molecule has 0 saturated carbocycles. The predicted molar refractivity (Wildman–Crippen MR) is 146 cm³/mol. The van der Waals surface area contributed by atoms with E-state index in [4.69, 9.17) is 24.7 Å². The molecule has 2 aromatic heterocycles. The molecule has 0 N–H and O–H groups in total. The first-order valence-corrected chi connectivity index (χ1v) is 11.4. The van der Waals surface area contributed by atoms with Crippen LogP contribution < -0.4 is 0 Å². The van der Waals surface area contributed by atoms with Gasteiger partial charge in [0.2, 0.25) is 11.4 Å². The maximum absolute atomic E-state index is 10.1. The number of benzene rings is 5. The number of imidazole rings is 1. The number of rotatable bonds is 0. The molecule has 0 atom stereocenters. The molecule has 0 aliphatic heterocycles. The summed E-state index contributed by atoms with van der Waals surface area (Å²) >= 11 is 0. The molecule has 2 heterocycles. The number of para-hydroxylation sites is 2. The largest absolute Gasteiger partial charge is 0.292 e. The second-order valence-electron chi connectivity index (χ2n) is 8.75. The zero-order valence-electron chi connectivity index (χ0n) is 19.1. The van der Waals surface area contributed by atoms with E-state index in [9.17, 15) is 5.26 Å². The van der Waals surface area contributed by atoms with E-state index in [1.54, 1.807) is 0 Å². The van der Waals surface area contributed by atoms with Gasteiger partial charge in [0.05, 0.1) is 47.9 Å². The molecule has 166 valence electrons. The molecule has 7 rings (SSSR count). The molecule has 0 spiro atoms. The summed E-state index contributed by atoms with van der Waals surface area (Å²) in [5.41, 5.74) is 3.44. The topological polar surface area (TPSA) is 54.2 Å². The van der Waals surface area contributed by atoms with Crippen LogP contribution in [0.3, 0.4) is 0 Å². The fraction of sp³-hybridized carbons (Fsp3) is 0. The van der Waals surface area contributed by atoms with Gasteiger partial charge in [-0.2, -0.15) is 5.26 Å². The summed E-state index contributed by atoms with van der Waals surface area (Å²) in [6.07, 6.45) is 0. The summed E-state index contributed by atoms with van der Waals surface area (Å²) in [7, 11) is 0. The van der Waals surface area contributed by atoms with Crippen molar-refractivity contribution in [1.82, 2.24) is 9.38 Å². The monoisotopic (exact) mass is 468 g/mol. The van der Waals surface area contributed by atoms with E-state index in [0.29, 0.717) is 10.8 Å². The van der Waals surface area contributed by atoms with Gasteiger partial charge in [0.25, 0.3) is 0 Å². The summed E-state index contributed by atoms with van der Waals surface area (Å²) in [6, 6.07) is 26.1. The van der Waals surface area contributed by atoms with E-state index in [0.717, 1.165) is 49.1 Å². The molecule has 0 bridgehead atoms. The minimum absolute atomic E-state index is 0.0725. The van der Waals surface area contributed by atoms with Crippen LogP contribution in [0, 0.1) is 31.0 Å². The van der Waals surface area contributed by atoms with Crippen molar-refractivity contribution in [3.8, 4) is 6.07 Å². The van der Waals surface area contributed by atoms with Crippen molar-refractivity contribution >= 4 is 77.0 Å². The number of fused-ring (bicyclic) bond motifs is 11. The van der Waals surface area contributed by atoms with Crippen LogP contribution in [0.2, 0.25) is 0 Å². The Hall–Kier alpha value is -5.95. The third kappa shape index (κ3) is 2.51. The van der Waals surface area contributed by atoms with Crippen molar-refractivity contribution in [2.75, 3.05) is 0 Å². The van der Waals surface area contributed by atoms with Crippen LogP contribution in [0.25, 0.3) is 74.4 Å². The summed E-state index contributed by atoms with van der Waals surface area (Å²) < 4.78 is 2.08. The molecule has 0 radical (unpaired) electrons. The molecule has 0 aliphatic rings. The van der Waals surface area contributed by atoms with Crippen LogP contribution in [0.5, 0.6) is 0 Å². The quantitative estimate of drug-likeness (QED) is 0.127. The van der Waals surface area contributed by atoms with Gasteiger partial charge in [-0.25, -0.2) is 4.98 Å². The van der Waals surface area contributed by atoms with Crippen LogP contribution in [0.1, 0.15) is 5.56 Å². The normalized spacial score (nSPS) is 11.1. The number of aromatic nitrogens is 2. The Bertz CT molecular complexity index is 2350. The maximum Gasteiger partial charge on any atom is 0.202 e. The highest BCUT2D eigenvalue weighted by Gasteiger charge is 2.23. The van der Waals surface area contributed by atoms with E-state index in [1.165, 1.54) is 0 Å². The molecule has 5 aromatic carbocycles. The Balaban J connectivity index is 1.89. The third-order valence-electron chi connectivity index (χ3n) is 7.03. The predicted octanol–water partition coefficient (Wildman–Crippen LogP) is 8.62. The van der Waals surface area contributed by atoms with Gasteiger partial charge >= 0.3 is 0 Å². The van der Waals surface area contributed by atoms with E-state index in [-0.39, 0.29) is 22.6 Å². The van der Waals surface area contributed by atoms with Crippen LogP contribution in [-0.2, 0) is 0 Å². The van der Waals surface area contributed by atoms with Gasteiger partial charge in [-0.05, 0) is 45.8 Å². The van der Waals surface area contributed by atoms with Crippen molar-refractivity contribution in [3.63, 3.8) is 0 Å². The average Bonchev–Trinajstić information content (AvgIpc) is 3.34. The second-order valence-corrected chi connectivity index (χ2v) is 8.75. The van der Waals surface area contributed by atoms with Gasteiger partial charge in [0.1, 0.15) is 5.65 Å². The molecule has 0 fully saturated rings. The van der Waals surface area contributed by atoms with Gasteiger partial charge < -0.3 is 0 Å². The van der Waals surface area contributed by atoms with Gasteiger partial charge in [-0.1, -0.05) is 48.5 Å². The fourth-order valence-corrected chi connectivity index (χ4v) is 5.50. The lowest BCUT2D eigenvalue weighted by atomic mass is 9.94.